The minimum absolute atomic E-state index is 0.0139. The van der Waals surface area contributed by atoms with Gasteiger partial charge in [-0.15, -0.1) is 0 Å². The summed E-state index contributed by atoms with van der Waals surface area (Å²) < 4.78 is 38.9. The van der Waals surface area contributed by atoms with E-state index in [-0.39, 0.29) is 29.0 Å². The fraction of sp³-hybridized carbons (Fsp3) is 0.500. The number of amides is 1. The van der Waals surface area contributed by atoms with Crippen LogP contribution in [-0.4, -0.2) is 39.4 Å². The molecule has 1 aliphatic carbocycles. The van der Waals surface area contributed by atoms with E-state index >= 15 is 0 Å². The van der Waals surface area contributed by atoms with Crippen molar-refractivity contribution in [2.24, 2.45) is 11.8 Å². The van der Waals surface area contributed by atoms with Crippen LogP contribution in [0.5, 0.6) is 0 Å². The van der Waals surface area contributed by atoms with E-state index in [1.54, 1.807) is 26.0 Å². The maximum Gasteiger partial charge on any atom is 0.256 e. The van der Waals surface area contributed by atoms with Gasteiger partial charge < -0.3 is 14.7 Å². The predicted octanol–water partition coefficient (Wildman–Crippen LogP) is 3.49. The van der Waals surface area contributed by atoms with Gasteiger partial charge in [0.05, 0.1) is 17.4 Å². The van der Waals surface area contributed by atoms with Crippen molar-refractivity contribution in [2.75, 3.05) is 23.0 Å². The zero-order chi connectivity index (χ0) is 21.3. The van der Waals surface area contributed by atoms with E-state index in [9.17, 15) is 23.3 Å². The Bertz CT molecular complexity index is 899. The Balaban J connectivity index is 1.70. The highest BCUT2D eigenvalue weighted by molar-refractivity contribution is 7.91. The number of hydrogen-bond acceptors (Lipinski definition) is 5. The van der Waals surface area contributed by atoms with Crippen molar-refractivity contribution < 1.29 is 22.9 Å². The molecule has 3 atom stereocenters. The Labute approximate surface area is 179 Å². The largest absolute Gasteiger partial charge is 0.619 e. The molecule has 6 nitrogen and oxygen atoms in total. The molecule has 158 valence electrons. The van der Waals surface area contributed by atoms with Gasteiger partial charge in [0, 0.05) is 19.0 Å². The zero-order valence-corrected chi connectivity index (χ0v) is 18.2. The lowest BCUT2D eigenvalue weighted by Gasteiger charge is -2.23. The first-order chi connectivity index (χ1) is 13.6. The fourth-order valence-corrected chi connectivity index (χ4v) is 5.94. The lowest BCUT2D eigenvalue weighted by atomic mass is 10.2. The summed E-state index contributed by atoms with van der Waals surface area (Å²) in [6.07, 6.45) is 2.47. The summed E-state index contributed by atoms with van der Waals surface area (Å²) in [5.41, 5.74) is 0.573. The van der Waals surface area contributed by atoms with Crippen molar-refractivity contribution in [3.8, 4) is 10.6 Å². The molecule has 0 spiro atoms. The first-order valence-corrected chi connectivity index (χ1v) is 11.7. The van der Waals surface area contributed by atoms with E-state index in [0.29, 0.717) is 26.8 Å². The molecular formula is C18H20ClF2N3O3S2. The van der Waals surface area contributed by atoms with Crippen molar-refractivity contribution in [1.29, 1.82) is 0 Å². The van der Waals surface area contributed by atoms with Crippen LogP contribution in [0.3, 0.4) is 0 Å². The van der Waals surface area contributed by atoms with Crippen molar-refractivity contribution >= 4 is 45.0 Å². The number of halogens is 3. The second-order valence-electron chi connectivity index (χ2n) is 6.99. The third kappa shape index (κ3) is 5.17. The van der Waals surface area contributed by atoms with E-state index in [2.05, 4.69) is 4.98 Å². The lowest BCUT2D eigenvalue weighted by molar-refractivity contribution is -0.604. The van der Waals surface area contributed by atoms with E-state index in [0.717, 1.165) is 0 Å². The maximum absolute atomic E-state index is 13.0. The van der Waals surface area contributed by atoms with Gasteiger partial charge in [-0.05, 0) is 19.9 Å². The van der Waals surface area contributed by atoms with Gasteiger partial charge in [0.1, 0.15) is 21.5 Å². The summed E-state index contributed by atoms with van der Waals surface area (Å²) in [4.78, 5) is 18.6. The number of carbonyl (C=O) groups excluding carboxylic acids is 1. The molecule has 0 aromatic carbocycles. The smallest absolute Gasteiger partial charge is 0.256 e. The minimum atomic E-state index is -2.72. The standard InChI is InChI=1S/C18H20ClF2N3O3S2/c1-3-24(16(25)11(2)9-29(27)10-13-7-18(13,20)21)17-14(19)22-15(28-17)12-5-4-6-23(26)8-12/h4-6,8,11,13H,3,7,9-10H2,1-2H3. The highest BCUT2D eigenvalue weighted by Gasteiger charge is 2.59. The molecule has 0 saturated heterocycles. The molecule has 1 fully saturated rings. The van der Waals surface area contributed by atoms with Crippen molar-refractivity contribution in [1.82, 2.24) is 4.98 Å². The van der Waals surface area contributed by atoms with E-state index in [4.69, 9.17) is 11.6 Å². The Hall–Kier alpha value is -1.49. The van der Waals surface area contributed by atoms with Crippen LogP contribution in [0.25, 0.3) is 10.6 Å². The first kappa shape index (κ1) is 22.2. The Morgan fingerprint density at radius 1 is 1.59 bits per heavy atom. The molecule has 29 heavy (non-hydrogen) atoms. The number of carbonyl (C=O) groups is 1. The van der Waals surface area contributed by atoms with E-state index in [1.165, 1.54) is 28.6 Å². The Morgan fingerprint density at radius 3 is 2.86 bits per heavy atom. The Morgan fingerprint density at radius 2 is 2.28 bits per heavy atom. The number of anilines is 1. The van der Waals surface area contributed by atoms with Gasteiger partial charge in [0.15, 0.2) is 17.5 Å². The Kier molecular flexibility index (Phi) is 6.67. The van der Waals surface area contributed by atoms with Gasteiger partial charge >= 0.3 is 0 Å². The quantitative estimate of drug-likeness (QED) is 0.341. The molecule has 11 heteroatoms. The van der Waals surface area contributed by atoms with Crippen LogP contribution >= 0.6 is 22.9 Å². The van der Waals surface area contributed by atoms with Crippen LogP contribution in [0, 0.1) is 17.0 Å². The summed E-state index contributed by atoms with van der Waals surface area (Å²) in [7, 11) is 0. The van der Waals surface area contributed by atoms with Crippen LogP contribution in [0.15, 0.2) is 24.5 Å². The number of aromatic nitrogens is 2. The van der Waals surface area contributed by atoms with Crippen LogP contribution in [-0.2, 0) is 16.0 Å². The van der Waals surface area contributed by atoms with Gasteiger partial charge in [-0.2, -0.15) is 4.73 Å². The third-order valence-corrected chi connectivity index (χ3v) is 7.77. The summed E-state index contributed by atoms with van der Waals surface area (Å²) in [6.45, 7) is 3.71. The average Bonchev–Trinajstić information content (AvgIpc) is 3.06. The number of nitrogens with zero attached hydrogens (tertiary/aromatic N) is 3. The molecule has 1 amide bonds. The van der Waals surface area contributed by atoms with Crippen LogP contribution < -0.4 is 9.63 Å². The first-order valence-electron chi connectivity index (χ1n) is 9.02. The summed E-state index contributed by atoms with van der Waals surface area (Å²) in [5.74, 6) is -4.56. The predicted molar refractivity (Wildman–Crippen MR) is 110 cm³/mol. The zero-order valence-electron chi connectivity index (χ0n) is 15.8. The topological polar surface area (TPSA) is 83.2 Å². The fourth-order valence-electron chi connectivity index (χ4n) is 2.92. The third-order valence-electron chi connectivity index (χ3n) is 4.62. The van der Waals surface area contributed by atoms with Crippen molar-refractivity contribution in [2.45, 2.75) is 26.2 Å². The summed E-state index contributed by atoms with van der Waals surface area (Å²) >= 11 is 5.92. The van der Waals surface area contributed by atoms with Gasteiger partial charge in [0.25, 0.3) is 5.92 Å². The number of hydrogen-bond donors (Lipinski definition) is 0. The average molecular weight is 464 g/mol. The molecule has 3 unspecified atom stereocenters. The van der Waals surface area contributed by atoms with Crippen molar-refractivity contribution in [3.05, 3.63) is 34.9 Å². The van der Waals surface area contributed by atoms with Gasteiger partial charge in [-0.1, -0.05) is 34.1 Å². The summed E-state index contributed by atoms with van der Waals surface area (Å²) in [5, 5.41) is 12.5. The number of alkyl halides is 2. The molecule has 0 radical (unpaired) electrons. The van der Waals surface area contributed by atoms with E-state index < -0.39 is 28.9 Å². The monoisotopic (exact) mass is 463 g/mol. The second-order valence-corrected chi connectivity index (χ2v) is 9.87. The molecule has 2 heterocycles. The molecule has 2 aromatic heterocycles. The second kappa shape index (κ2) is 8.71. The minimum Gasteiger partial charge on any atom is -0.619 e. The molecular weight excluding hydrogens is 444 g/mol. The normalized spacial score (nSPS) is 19.6. The molecule has 0 bridgehead atoms. The van der Waals surface area contributed by atoms with Crippen molar-refractivity contribution in [3.63, 3.8) is 0 Å². The SMILES string of the molecule is CCN(C(=O)C(C)C[S+]([O-])CC1CC1(F)F)c1sc(-c2ccc[n+]([O-])c2)nc1Cl. The van der Waals surface area contributed by atoms with Crippen LogP contribution in [0.2, 0.25) is 5.15 Å². The highest BCUT2D eigenvalue weighted by atomic mass is 35.5. The molecule has 1 aliphatic rings. The van der Waals surface area contributed by atoms with Gasteiger partial charge in [-0.25, -0.2) is 13.8 Å². The lowest BCUT2D eigenvalue weighted by Crippen LogP contribution is -2.38. The highest BCUT2D eigenvalue weighted by Crippen LogP contribution is 2.49. The van der Waals surface area contributed by atoms with Crippen LogP contribution in [0.4, 0.5) is 13.8 Å². The molecule has 1 saturated carbocycles. The van der Waals surface area contributed by atoms with Gasteiger partial charge in [0.2, 0.25) is 5.91 Å². The molecule has 3 rings (SSSR count). The number of rotatable bonds is 8. The summed E-state index contributed by atoms with van der Waals surface area (Å²) in [6, 6.07) is 3.30. The number of pyridine rings is 1. The van der Waals surface area contributed by atoms with E-state index in [1.807, 2.05) is 0 Å². The van der Waals surface area contributed by atoms with Gasteiger partial charge in [-0.3, -0.25) is 4.79 Å². The number of thiazole rings is 1. The van der Waals surface area contributed by atoms with Crippen LogP contribution in [0.1, 0.15) is 20.3 Å². The molecule has 2 aromatic rings. The molecule has 0 aliphatic heterocycles. The molecule has 0 N–H and O–H groups in total. The maximum atomic E-state index is 13.0.